The molecule has 0 N–H and O–H groups in total. The molecule has 2 heterocycles. The number of carbonyl (C=O) groups is 2. The highest BCUT2D eigenvalue weighted by molar-refractivity contribution is 5.88. The topological polar surface area (TPSA) is 68.7 Å². The number of esters is 1. The van der Waals surface area contributed by atoms with Crippen LogP contribution in [0.25, 0.3) is 0 Å². The Morgan fingerprint density at radius 2 is 2.04 bits per heavy atom. The summed E-state index contributed by atoms with van der Waals surface area (Å²) in [6.07, 6.45) is 3.18. The Morgan fingerprint density at radius 3 is 2.72 bits per heavy atom. The van der Waals surface area contributed by atoms with E-state index in [-0.39, 0.29) is 12.1 Å². The number of anilines is 1. The third-order valence-corrected chi connectivity index (χ3v) is 3.83. The van der Waals surface area contributed by atoms with Crippen LogP contribution >= 0.6 is 0 Å². The number of hydrogen-bond donors (Lipinski definition) is 0. The van der Waals surface area contributed by atoms with Crippen LogP contribution in [0.4, 0.5) is 10.6 Å². The second-order valence-corrected chi connectivity index (χ2v) is 7.18. The molecule has 0 radical (unpaired) electrons. The molecule has 1 aliphatic rings. The monoisotopic (exact) mass is 348 g/mol. The molecule has 0 saturated carbocycles. The first-order valence-corrected chi connectivity index (χ1v) is 8.95. The molecule has 0 saturated heterocycles. The SMILES string of the molecule is CCOC(=O)CCCc1ccc2c(n1)N(C(=O)OC(C)(C)C)CCC2. The van der Waals surface area contributed by atoms with Crippen molar-refractivity contribution in [2.24, 2.45) is 0 Å². The fraction of sp³-hybridized carbons (Fsp3) is 0.632. The lowest BCUT2D eigenvalue weighted by Gasteiger charge is -2.31. The molecule has 0 atom stereocenters. The summed E-state index contributed by atoms with van der Waals surface area (Å²) in [6, 6.07) is 4.00. The quantitative estimate of drug-likeness (QED) is 0.760. The minimum atomic E-state index is -0.536. The van der Waals surface area contributed by atoms with Gasteiger partial charge >= 0.3 is 12.1 Å². The molecule has 0 bridgehead atoms. The van der Waals surface area contributed by atoms with E-state index in [1.807, 2.05) is 32.9 Å². The molecule has 0 fully saturated rings. The number of aryl methyl sites for hydroxylation is 2. The Bertz CT molecular complexity index is 622. The van der Waals surface area contributed by atoms with Gasteiger partial charge in [0.2, 0.25) is 0 Å². The minimum Gasteiger partial charge on any atom is -0.466 e. The fourth-order valence-electron chi connectivity index (χ4n) is 2.76. The van der Waals surface area contributed by atoms with Gasteiger partial charge in [-0.1, -0.05) is 6.07 Å². The van der Waals surface area contributed by atoms with E-state index in [4.69, 9.17) is 9.47 Å². The highest BCUT2D eigenvalue weighted by Gasteiger charge is 2.28. The van der Waals surface area contributed by atoms with Crippen LogP contribution in [-0.4, -0.2) is 35.8 Å². The highest BCUT2D eigenvalue weighted by atomic mass is 16.6. The zero-order valence-corrected chi connectivity index (χ0v) is 15.6. The average Bonchev–Trinajstić information content (AvgIpc) is 2.53. The van der Waals surface area contributed by atoms with Crippen molar-refractivity contribution in [1.29, 1.82) is 0 Å². The second-order valence-electron chi connectivity index (χ2n) is 7.18. The van der Waals surface area contributed by atoms with Crippen molar-refractivity contribution >= 4 is 17.9 Å². The molecule has 1 amide bonds. The van der Waals surface area contributed by atoms with E-state index in [1.165, 1.54) is 0 Å². The molecule has 1 aromatic rings. The lowest BCUT2D eigenvalue weighted by molar-refractivity contribution is -0.143. The first kappa shape index (κ1) is 19.2. The summed E-state index contributed by atoms with van der Waals surface area (Å²) in [7, 11) is 0. The van der Waals surface area contributed by atoms with E-state index in [2.05, 4.69) is 4.98 Å². The number of carbonyl (C=O) groups excluding carboxylic acids is 2. The zero-order chi connectivity index (χ0) is 18.4. The van der Waals surface area contributed by atoms with Crippen LogP contribution in [0.1, 0.15) is 58.2 Å². The Balaban J connectivity index is 2.06. The van der Waals surface area contributed by atoms with Crippen molar-refractivity contribution in [3.05, 3.63) is 23.4 Å². The molecule has 0 spiro atoms. The number of pyridine rings is 1. The summed E-state index contributed by atoms with van der Waals surface area (Å²) in [4.78, 5) is 30.2. The molecular weight excluding hydrogens is 320 g/mol. The molecule has 0 aromatic carbocycles. The Kier molecular flexibility index (Phi) is 6.39. The third kappa shape index (κ3) is 5.73. The molecule has 25 heavy (non-hydrogen) atoms. The van der Waals surface area contributed by atoms with Gasteiger partial charge < -0.3 is 9.47 Å². The highest BCUT2D eigenvalue weighted by Crippen LogP contribution is 2.27. The first-order chi connectivity index (χ1) is 11.8. The average molecular weight is 348 g/mol. The van der Waals surface area contributed by atoms with Crippen LogP contribution in [0.15, 0.2) is 12.1 Å². The van der Waals surface area contributed by atoms with Gasteiger partial charge in [-0.05, 0) is 65.0 Å². The smallest absolute Gasteiger partial charge is 0.416 e. The summed E-state index contributed by atoms with van der Waals surface area (Å²) in [5.41, 5.74) is 1.40. The number of rotatable bonds is 5. The maximum Gasteiger partial charge on any atom is 0.416 e. The van der Waals surface area contributed by atoms with Crippen molar-refractivity contribution in [1.82, 2.24) is 4.98 Å². The summed E-state index contributed by atoms with van der Waals surface area (Å²) < 4.78 is 10.4. The largest absolute Gasteiger partial charge is 0.466 e. The standard InChI is InChI=1S/C19H28N2O4/c1-5-24-16(22)10-6-9-15-12-11-14-8-7-13-21(17(14)20-15)18(23)25-19(2,3)4/h11-12H,5-10,13H2,1-4H3. The van der Waals surface area contributed by atoms with Crippen molar-refractivity contribution in [2.45, 2.75) is 65.4 Å². The maximum absolute atomic E-state index is 12.5. The Hall–Kier alpha value is -2.11. The molecule has 0 aliphatic carbocycles. The summed E-state index contributed by atoms with van der Waals surface area (Å²) in [5.74, 6) is 0.505. The Labute approximate surface area is 149 Å². The van der Waals surface area contributed by atoms with Gasteiger partial charge in [0.25, 0.3) is 0 Å². The molecule has 0 unspecified atom stereocenters. The zero-order valence-electron chi connectivity index (χ0n) is 15.6. The molecule has 138 valence electrons. The van der Waals surface area contributed by atoms with Gasteiger partial charge in [0.1, 0.15) is 11.4 Å². The lowest BCUT2D eigenvalue weighted by Crippen LogP contribution is -2.40. The van der Waals surface area contributed by atoms with Crippen molar-refractivity contribution < 1.29 is 19.1 Å². The van der Waals surface area contributed by atoms with Crippen molar-refractivity contribution in [3.8, 4) is 0 Å². The van der Waals surface area contributed by atoms with Crippen molar-refractivity contribution in [3.63, 3.8) is 0 Å². The number of fused-ring (bicyclic) bond motifs is 1. The van der Waals surface area contributed by atoms with Gasteiger partial charge in [0.05, 0.1) is 6.61 Å². The number of ether oxygens (including phenoxy) is 2. The van der Waals surface area contributed by atoms with Crippen LogP contribution in [0.3, 0.4) is 0 Å². The molecule has 6 nitrogen and oxygen atoms in total. The molecular formula is C19H28N2O4. The van der Waals surface area contributed by atoms with E-state index >= 15 is 0 Å². The van der Waals surface area contributed by atoms with Crippen LogP contribution < -0.4 is 4.90 Å². The molecule has 6 heteroatoms. The van der Waals surface area contributed by atoms with E-state index in [1.54, 1.807) is 11.8 Å². The fourth-order valence-corrected chi connectivity index (χ4v) is 2.76. The summed E-state index contributed by atoms with van der Waals surface area (Å²) in [6.45, 7) is 8.38. The summed E-state index contributed by atoms with van der Waals surface area (Å²) in [5, 5.41) is 0. The van der Waals surface area contributed by atoms with Crippen molar-refractivity contribution in [2.75, 3.05) is 18.1 Å². The number of hydrogen-bond acceptors (Lipinski definition) is 5. The third-order valence-electron chi connectivity index (χ3n) is 3.83. The maximum atomic E-state index is 12.5. The number of amides is 1. The van der Waals surface area contributed by atoms with E-state index in [9.17, 15) is 9.59 Å². The molecule has 1 aliphatic heterocycles. The van der Waals surface area contributed by atoms with Gasteiger partial charge in [-0.25, -0.2) is 9.78 Å². The predicted molar refractivity (Wildman–Crippen MR) is 95.7 cm³/mol. The predicted octanol–water partition coefficient (Wildman–Crippen LogP) is 3.66. The van der Waals surface area contributed by atoms with Crippen LogP contribution in [0.2, 0.25) is 0 Å². The number of nitrogens with zero attached hydrogens (tertiary/aromatic N) is 2. The molecule has 2 rings (SSSR count). The van der Waals surface area contributed by atoms with Crippen LogP contribution in [-0.2, 0) is 27.1 Å². The van der Waals surface area contributed by atoms with Gasteiger partial charge in [0, 0.05) is 18.7 Å². The van der Waals surface area contributed by atoms with Gasteiger partial charge in [-0.2, -0.15) is 0 Å². The van der Waals surface area contributed by atoms with E-state index in [0.29, 0.717) is 38.2 Å². The van der Waals surface area contributed by atoms with Crippen LogP contribution in [0.5, 0.6) is 0 Å². The van der Waals surface area contributed by atoms with Gasteiger partial charge in [0.15, 0.2) is 0 Å². The second kappa shape index (κ2) is 8.32. The molecule has 1 aromatic heterocycles. The lowest BCUT2D eigenvalue weighted by atomic mass is 10.0. The first-order valence-electron chi connectivity index (χ1n) is 8.95. The normalized spacial score (nSPS) is 14.0. The minimum absolute atomic E-state index is 0.184. The Morgan fingerprint density at radius 1 is 1.28 bits per heavy atom. The van der Waals surface area contributed by atoms with Gasteiger partial charge in [-0.15, -0.1) is 0 Å². The van der Waals surface area contributed by atoms with Crippen LogP contribution in [0, 0.1) is 0 Å². The van der Waals surface area contributed by atoms with E-state index < -0.39 is 5.60 Å². The van der Waals surface area contributed by atoms with Gasteiger partial charge in [-0.3, -0.25) is 9.69 Å². The summed E-state index contributed by atoms with van der Waals surface area (Å²) >= 11 is 0. The number of aromatic nitrogens is 1. The van der Waals surface area contributed by atoms with E-state index in [0.717, 1.165) is 24.1 Å².